The number of allylic oxidation sites excluding steroid dienone is 1. The lowest BCUT2D eigenvalue weighted by Crippen LogP contribution is -2.19. The van der Waals surface area contributed by atoms with Gasteiger partial charge in [-0.15, -0.1) is 0 Å². The standard InChI is InChI=1S/C8H13NO3/c1-3-11-8(12-4-2)7(10)5-6-9/h5,8,10H,3-4H2,1-2H3/b7-5-. The topological polar surface area (TPSA) is 62.5 Å². The van der Waals surface area contributed by atoms with Crippen molar-refractivity contribution in [3.05, 3.63) is 11.8 Å². The van der Waals surface area contributed by atoms with E-state index in [2.05, 4.69) is 0 Å². The average molecular weight is 171 g/mol. The molecule has 4 heteroatoms. The Hall–Kier alpha value is -1.05. The van der Waals surface area contributed by atoms with E-state index in [9.17, 15) is 0 Å². The van der Waals surface area contributed by atoms with Crippen molar-refractivity contribution >= 4 is 0 Å². The van der Waals surface area contributed by atoms with E-state index in [1.807, 2.05) is 0 Å². The first-order chi connectivity index (χ1) is 5.76. The molecule has 0 aromatic heterocycles. The van der Waals surface area contributed by atoms with E-state index >= 15 is 0 Å². The van der Waals surface area contributed by atoms with Crippen LogP contribution in [0.4, 0.5) is 0 Å². The van der Waals surface area contributed by atoms with Gasteiger partial charge in [0.2, 0.25) is 6.29 Å². The Kier molecular flexibility index (Phi) is 6.07. The minimum Gasteiger partial charge on any atom is -0.506 e. The van der Waals surface area contributed by atoms with Crippen LogP contribution in [0.25, 0.3) is 0 Å². The fourth-order valence-electron chi connectivity index (χ4n) is 0.656. The largest absolute Gasteiger partial charge is 0.506 e. The fourth-order valence-corrected chi connectivity index (χ4v) is 0.656. The van der Waals surface area contributed by atoms with Crippen molar-refractivity contribution in [2.24, 2.45) is 0 Å². The number of hydrogen-bond acceptors (Lipinski definition) is 4. The predicted octanol–water partition coefficient (Wildman–Crippen LogP) is 1.35. The summed E-state index contributed by atoms with van der Waals surface area (Å²) in [6.45, 7) is 4.42. The Morgan fingerprint density at radius 3 is 2.33 bits per heavy atom. The minimum atomic E-state index is -0.806. The molecule has 0 radical (unpaired) electrons. The summed E-state index contributed by atoms with van der Waals surface area (Å²) in [5, 5.41) is 17.4. The van der Waals surface area contributed by atoms with E-state index < -0.39 is 6.29 Å². The van der Waals surface area contributed by atoms with E-state index in [0.717, 1.165) is 6.08 Å². The van der Waals surface area contributed by atoms with Crippen LogP contribution in [0.2, 0.25) is 0 Å². The highest BCUT2D eigenvalue weighted by molar-refractivity contribution is 5.08. The summed E-state index contributed by atoms with van der Waals surface area (Å²) >= 11 is 0. The Bertz CT molecular complexity index is 177. The summed E-state index contributed by atoms with van der Waals surface area (Å²) in [5.41, 5.74) is 0. The van der Waals surface area contributed by atoms with Crippen LogP contribution < -0.4 is 0 Å². The summed E-state index contributed by atoms with van der Waals surface area (Å²) in [6.07, 6.45) is 0.190. The van der Waals surface area contributed by atoms with E-state index in [1.165, 1.54) is 0 Å². The Balaban J connectivity index is 4.10. The smallest absolute Gasteiger partial charge is 0.217 e. The summed E-state index contributed by atoms with van der Waals surface area (Å²) in [5.74, 6) is -0.193. The van der Waals surface area contributed by atoms with Gasteiger partial charge in [0.15, 0.2) is 5.76 Å². The van der Waals surface area contributed by atoms with Gasteiger partial charge in [-0.2, -0.15) is 5.26 Å². The Morgan fingerprint density at radius 1 is 1.50 bits per heavy atom. The maximum absolute atomic E-state index is 9.16. The Labute approximate surface area is 72.0 Å². The third-order valence-electron chi connectivity index (χ3n) is 1.09. The highest BCUT2D eigenvalue weighted by atomic mass is 16.7. The predicted molar refractivity (Wildman–Crippen MR) is 43.4 cm³/mol. The molecule has 4 nitrogen and oxygen atoms in total. The molecule has 0 aromatic rings. The molecule has 0 spiro atoms. The lowest BCUT2D eigenvalue weighted by atomic mass is 10.4. The third-order valence-corrected chi connectivity index (χ3v) is 1.09. The normalized spacial score (nSPS) is 11.7. The van der Waals surface area contributed by atoms with Crippen molar-refractivity contribution in [2.75, 3.05) is 13.2 Å². The van der Waals surface area contributed by atoms with Gasteiger partial charge >= 0.3 is 0 Å². The second-order valence-corrected chi connectivity index (χ2v) is 1.94. The molecule has 0 saturated heterocycles. The first-order valence-corrected chi connectivity index (χ1v) is 3.78. The number of nitriles is 1. The van der Waals surface area contributed by atoms with Gasteiger partial charge in [-0.3, -0.25) is 0 Å². The zero-order valence-electron chi connectivity index (χ0n) is 7.28. The van der Waals surface area contributed by atoms with Crippen LogP contribution in [0.15, 0.2) is 11.8 Å². The van der Waals surface area contributed by atoms with Crippen molar-refractivity contribution in [1.29, 1.82) is 5.26 Å². The van der Waals surface area contributed by atoms with Gasteiger partial charge in [-0.1, -0.05) is 0 Å². The highest BCUT2D eigenvalue weighted by Crippen LogP contribution is 2.04. The van der Waals surface area contributed by atoms with Gasteiger partial charge in [0.1, 0.15) is 0 Å². The molecule has 0 heterocycles. The van der Waals surface area contributed by atoms with Gasteiger partial charge in [-0.25, -0.2) is 0 Å². The van der Waals surface area contributed by atoms with Crippen molar-refractivity contribution in [2.45, 2.75) is 20.1 Å². The van der Waals surface area contributed by atoms with Crippen molar-refractivity contribution < 1.29 is 14.6 Å². The second kappa shape index (κ2) is 6.65. The summed E-state index contributed by atoms with van der Waals surface area (Å²) in [4.78, 5) is 0. The number of ether oxygens (including phenoxy) is 2. The third kappa shape index (κ3) is 3.96. The molecule has 68 valence electrons. The zero-order valence-corrected chi connectivity index (χ0v) is 7.28. The molecule has 0 amide bonds. The number of rotatable bonds is 5. The molecule has 0 fully saturated rings. The molecule has 0 atom stereocenters. The molecule has 12 heavy (non-hydrogen) atoms. The number of aliphatic hydroxyl groups is 1. The van der Waals surface area contributed by atoms with Gasteiger partial charge in [-0.05, 0) is 13.8 Å². The van der Waals surface area contributed by atoms with Crippen LogP contribution >= 0.6 is 0 Å². The number of hydrogen-bond donors (Lipinski definition) is 1. The second-order valence-electron chi connectivity index (χ2n) is 1.94. The van der Waals surface area contributed by atoms with Gasteiger partial charge in [0, 0.05) is 13.2 Å². The van der Waals surface area contributed by atoms with Gasteiger partial charge in [0.25, 0.3) is 0 Å². The van der Waals surface area contributed by atoms with Crippen LogP contribution in [0.1, 0.15) is 13.8 Å². The van der Waals surface area contributed by atoms with E-state index in [-0.39, 0.29) is 5.76 Å². The SMILES string of the molecule is CCOC(OCC)/C(O)=C/C#N. The van der Waals surface area contributed by atoms with Crippen LogP contribution in [0, 0.1) is 11.3 Å². The quantitative estimate of drug-likeness (QED) is 0.385. The summed E-state index contributed by atoms with van der Waals surface area (Å²) in [7, 11) is 0. The molecular weight excluding hydrogens is 158 g/mol. The van der Waals surface area contributed by atoms with E-state index in [0.29, 0.717) is 13.2 Å². The van der Waals surface area contributed by atoms with E-state index in [4.69, 9.17) is 19.8 Å². The maximum Gasteiger partial charge on any atom is 0.217 e. The summed E-state index contributed by atoms with van der Waals surface area (Å²) < 4.78 is 10.0. The minimum absolute atomic E-state index is 0.193. The van der Waals surface area contributed by atoms with Crippen LogP contribution in [0.3, 0.4) is 0 Å². The molecule has 1 N–H and O–H groups in total. The van der Waals surface area contributed by atoms with Crippen LogP contribution in [-0.4, -0.2) is 24.6 Å². The van der Waals surface area contributed by atoms with Crippen molar-refractivity contribution in [3.8, 4) is 6.07 Å². The fraction of sp³-hybridized carbons (Fsp3) is 0.625. The molecule has 0 aliphatic carbocycles. The summed E-state index contributed by atoms with van der Waals surface area (Å²) in [6, 6.07) is 1.69. The van der Waals surface area contributed by atoms with Crippen molar-refractivity contribution in [3.63, 3.8) is 0 Å². The molecule has 0 saturated carbocycles. The number of nitrogens with zero attached hydrogens (tertiary/aromatic N) is 1. The molecule has 0 aliphatic rings. The van der Waals surface area contributed by atoms with E-state index in [1.54, 1.807) is 19.9 Å². The zero-order chi connectivity index (χ0) is 9.40. The molecule has 0 aliphatic heterocycles. The van der Waals surface area contributed by atoms with Crippen LogP contribution in [0.5, 0.6) is 0 Å². The van der Waals surface area contributed by atoms with Gasteiger partial charge in [0.05, 0.1) is 12.1 Å². The maximum atomic E-state index is 9.16. The average Bonchev–Trinajstić information content (AvgIpc) is 2.04. The van der Waals surface area contributed by atoms with Crippen molar-refractivity contribution in [1.82, 2.24) is 0 Å². The van der Waals surface area contributed by atoms with Gasteiger partial charge < -0.3 is 14.6 Å². The molecule has 0 rings (SSSR count). The molecule has 0 bridgehead atoms. The molecule has 0 aromatic carbocycles. The first-order valence-electron chi connectivity index (χ1n) is 3.78. The lowest BCUT2D eigenvalue weighted by Gasteiger charge is -2.14. The lowest BCUT2D eigenvalue weighted by molar-refractivity contribution is -0.129. The van der Waals surface area contributed by atoms with Crippen LogP contribution in [-0.2, 0) is 9.47 Å². The first kappa shape index (κ1) is 11.0. The highest BCUT2D eigenvalue weighted by Gasteiger charge is 2.12. The monoisotopic (exact) mass is 171 g/mol. The molecule has 0 unspecified atom stereocenters. The molecular formula is C8H13NO3. The number of aliphatic hydroxyl groups excluding tert-OH is 1. The Morgan fingerprint density at radius 2 is 2.00 bits per heavy atom.